The number of thioether (sulfide) groups is 2. The quantitative estimate of drug-likeness (QED) is 0.0709. The number of β-lactam (4-membered cyclic amide) rings is 1. The van der Waals surface area contributed by atoms with Gasteiger partial charge in [-0.2, -0.15) is 4.40 Å². The van der Waals surface area contributed by atoms with Crippen LogP contribution in [0.25, 0.3) is 0 Å². The van der Waals surface area contributed by atoms with Gasteiger partial charge in [-0.3, -0.25) is 19.4 Å². The van der Waals surface area contributed by atoms with E-state index in [1.165, 1.54) is 56.7 Å². The highest BCUT2D eigenvalue weighted by atomic mass is 32.2. The maximum atomic E-state index is 13.2. The van der Waals surface area contributed by atoms with E-state index < -0.39 is 23.3 Å². The van der Waals surface area contributed by atoms with Crippen molar-refractivity contribution in [1.82, 2.24) is 25.4 Å². The number of nitrogens with one attached hydrogen (secondary N) is 1. The highest BCUT2D eigenvalue weighted by Gasteiger charge is 2.57. The molecule has 3 unspecified atom stereocenters. The average Bonchev–Trinajstić information content (AvgIpc) is 3.65. The molecule has 0 aromatic carbocycles. The lowest BCUT2D eigenvalue weighted by atomic mass is 9.89. The number of nitrogens with zero attached hydrogens (tertiary/aromatic N) is 6. The van der Waals surface area contributed by atoms with Crippen LogP contribution >= 0.6 is 46.8 Å². The number of aromatic nitrogens is 2. The molecule has 2 saturated heterocycles. The van der Waals surface area contributed by atoms with Crippen molar-refractivity contribution in [2.75, 3.05) is 23.9 Å². The van der Waals surface area contributed by atoms with Crippen LogP contribution in [0.5, 0.6) is 0 Å². The molecule has 0 saturated carbocycles. The Labute approximate surface area is 222 Å². The number of hydrazine groups is 1. The van der Waals surface area contributed by atoms with Crippen molar-refractivity contribution in [3.05, 3.63) is 17.7 Å². The Morgan fingerprint density at radius 1 is 1.44 bits per heavy atom. The van der Waals surface area contributed by atoms with Crippen LogP contribution in [0.1, 0.15) is 12.8 Å². The second-order valence-electron chi connectivity index (χ2n) is 8.43. The van der Waals surface area contributed by atoms with E-state index in [4.69, 9.17) is 10.7 Å². The first-order chi connectivity index (χ1) is 17.4. The van der Waals surface area contributed by atoms with Gasteiger partial charge in [-0.25, -0.2) is 5.84 Å². The fourth-order valence-electron chi connectivity index (χ4n) is 3.98. The van der Waals surface area contributed by atoms with Crippen LogP contribution in [0.3, 0.4) is 0 Å². The van der Waals surface area contributed by atoms with Gasteiger partial charge in [0.1, 0.15) is 34.3 Å². The smallest absolute Gasteiger partial charge is 0.313 e. The number of fused-ring (bicyclic) bond motifs is 1. The number of allylic oxidation sites excluding steroid dienone is 1. The average molecular weight is 571 g/mol. The summed E-state index contributed by atoms with van der Waals surface area (Å²) in [6, 6.07) is -0.817. The van der Waals surface area contributed by atoms with Gasteiger partial charge in [0.25, 0.3) is 5.91 Å². The molecule has 4 atom stereocenters. The third-order valence-corrected chi connectivity index (χ3v) is 10.4. The summed E-state index contributed by atoms with van der Waals surface area (Å²) in [6.45, 7) is 0.0506. The Morgan fingerprint density at radius 2 is 2.31 bits per heavy atom. The highest BCUT2D eigenvalue weighted by Crippen LogP contribution is 2.44. The van der Waals surface area contributed by atoms with Crippen molar-refractivity contribution >= 4 is 76.1 Å². The number of amides is 2. The summed E-state index contributed by atoms with van der Waals surface area (Å²) in [7, 11) is 0. The van der Waals surface area contributed by atoms with Crippen LogP contribution < -0.4 is 11.2 Å². The lowest BCUT2D eigenvalue weighted by molar-refractivity contribution is -0.157. The molecule has 0 spiro atoms. The number of aliphatic carboxylic acids is 1. The zero-order chi connectivity index (χ0) is 25.3. The maximum Gasteiger partial charge on any atom is 0.313 e. The summed E-state index contributed by atoms with van der Waals surface area (Å²) in [6.07, 6.45) is 5.22. The number of amidine groups is 1. The van der Waals surface area contributed by atoms with Crippen molar-refractivity contribution in [3.63, 3.8) is 0 Å². The van der Waals surface area contributed by atoms with Crippen molar-refractivity contribution in [3.8, 4) is 0 Å². The molecule has 1 aliphatic carbocycles. The summed E-state index contributed by atoms with van der Waals surface area (Å²) < 4.78 is 4.86. The zero-order valence-electron chi connectivity index (χ0n) is 18.7. The fraction of sp³-hybridized carbons (Fsp3) is 0.526. The number of nitrogens with two attached hydrogens (primary N) is 1. The van der Waals surface area contributed by atoms with Crippen molar-refractivity contribution < 1.29 is 24.3 Å². The summed E-state index contributed by atoms with van der Waals surface area (Å²) >= 11 is 5.15. The van der Waals surface area contributed by atoms with Gasteiger partial charge in [0, 0.05) is 18.1 Å². The molecule has 0 radical (unpaired) electrons. The molecule has 17 heteroatoms. The Balaban J connectivity index is 1.25. The van der Waals surface area contributed by atoms with E-state index in [2.05, 4.69) is 25.1 Å². The Morgan fingerprint density at radius 3 is 2.97 bits per heavy atom. The van der Waals surface area contributed by atoms with Gasteiger partial charge < -0.3 is 20.2 Å². The van der Waals surface area contributed by atoms with E-state index in [0.29, 0.717) is 10.2 Å². The predicted molar refractivity (Wildman–Crippen MR) is 137 cm³/mol. The zero-order valence-corrected chi connectivity index (χ0v) is 21.9. The third kappa shape index (κ3) is 4.93. The number of carboxylic acids is 1. The van der Waals surface area contributed by atoms with Gasteiger partial charge >= 0.3 is 5.97 Å². The minimum absolute atomic E-state index is 0.0506. The Kier molecular flexibility index (Phi) is 7.43. The molecule has 1 aromatic heterocycles. The number of hydrogen-bond acceptors (Lipinski definition) is 14. The number of carboxylic acid groups (broad SMARTS) is 1. The second kappa shape index (κ2) is 10.6. The number of carbonyl (C=O) groups is 3. The lowest BCUT2D eigenvalue weighted by Crippen LogP contribution is -2.74. The highest BCUT2D eigenvalue weighted by molar-refractivity contribution is 8.01. The first-order valence-electron chi connectivity index (χ1n) is 10.9. The van der Waals surface area contributed by atoms with Gasteiger partial charge in [-0.05, 0) is 30.9 Å². The topological polar surface area (TPSA) is 176 Å². The monoisotopic (exact) mass is 570 g/mol. The molecule has 2 amide bonds. The van der Waals surface area contributed by atoms with E-state index in [0.717, 1.165) is 12.8 Å². The molecule has 13 nitrogen and oxygen atoms in total. The molecule has 2 fully saturated rings. The van der Waals surface area contributed by atoms with Crippen molar-refractivity contribution in [1.29, 1.82) is 0 Å². The summed E-state index contributed by atoms with van der Waals surface area (Å²) in [5, 5.41) is 25.4. The van der Waals surface area contributed by atoms with Gasteiger partial charge in [0.15, 0.2) is 10.2 Å². The number of oxime groups is 1. The van der Waals surface area contributed by atoms with Crippen LogP contribution in [0.2, 0.25) is 0 Å². The minimum Gasteiger partial charge on any atom is -0.481 e. The Hall–Kier alpha value is -2.34. The normalized spacial score (nSPS) is 29.6. The maximum absolute atomic E-state index is 13.2. The van der Waals surface area contributed by atoms with Gasteiger partial charge in [0.2, 0.25) is 11.6 Å². The molecule has 4 heterocycles. The van der Waals surface area contributed by atoms with Crippen molar-refractivity contribution in [2.45, 2.75) is 34.7 Å². The molecule has 0 bridgehead atoms. The largest absolute Gasteiger partial charge is 0.481 e. The SMILES string of the molecule is NN1CSN=C1C(=NOC1C=CCC1)C(=O)NC1C(=O)N2CC(CSc3nncs3)(C(=O)O)CS[C@H]12. The first-order valence-corrected chi connectivity index (χ1v) is 14.7. The van der Waals surface area contributed by atoms with E-state index >= 15 is 0 Å². The fourth-order valence-corrected chi connectivity index (χ4v) is 7.95. The van der Waals surface area contributed by atoms with Crippen molar-refractivity contribution in [2.24, 2.45) is 20.8 Å². The van der Waals surface area contributed by atoms with Gasteiger partial charge in [-0.15, -0.1) is 22.0 Å². The second-order valence-corrected chi connectivity index (χ2v) is 12.3. The summed E-state index contributed by atoms with van der Waals surface area (Å²) in [5.41, 5.74) is 0.344. The molecule has 4 N–H and O–H groups in total. The molecular formula is C19H22N8O5S4. The lowest BCUT2D eigenvalue weighted by Gasteiger charge is -2.53. The molecule has 5 rings (SSSR count). The van der Waals surface area contributed by atoms with E-state index in [-0.39, 0.29) is 47.0 Å². The van der Waals surface area contributed by atoms with E-state index in [1.807, 2.05) is 12.2 Å². The molecule has 192 valence electrons. The van der Waals surface area contributed by atoms with Crippen LogP contribution in [-0.2, 0) is 19.2 Å². The van der Waals surface area contributed by atoms with Crippen LogP contribution in [0.15, 0.2) is 31.6 Å². The predicted octanol–water partition coefficient (Wildman–Crippen LogP) is 0.386. The molecular weight excluding hydrogens is 549 g/mol. The molecule has 3 aliphatic heterocycles. The minimum atomic E-state index is -1.13. The summed E-state index contributed by atoms with van der Waals surface area (Å²) in [4.78, 5) is 45.4. The van der Waals surface area contributed by atoms with Crippen LogP contribution in [0.4, 0.5) is 0 Å². The van der Waals surface area contributed by atoms with E-state index in [1.54, 1.807) is 5.51 Å². The van der Waals surface area contributed by atoms with Gasteiger partial charge in [-0.1, -0.05) is 34.3 Å². The molecule has 4 aliphatic rings. The number of carbonyl (C=O) groups excluding carboxylic acids is 2. The molecule has 36 heavy (non-hydrogen) atoms. The molecule has 1 aromatic rings. The van der Waals surface area contributed by atoms with E-state index in [9.17, 15) is 19.5 Å². The Bertz CT molecular complexity index is 1130. The third-order valence-electron chi connectivity index (χ3n) is 5.99. The van der Waals surface area contributed by atoms with Crippen LogP contribution in [-0.4, -0.2) is 96.0 Å². The van der Waals surface area contributed by atoms with Crippen LogP contribution in [0, 0.1) is 5.41 Å². The number of hydrogen-bond donors (Lipinski definition) is 3. The summed E-state index contributed by atoms with van der Waals surface area (Å²) in [5.74, 6) is 5.05. The van der Waals surface area contributed by atoms with Gasteiger partial charge in [0.05, 0.1) is 0 Å². The number of rotatable bonds is 9. The standard InChI is InChI=1S/C19H22N8O5S4/c20-27-9-36-25-13(27)11(24-32-10-3-1-2-4-10)14(28)22-12-15(29)26-5-19(17(30)31,6-33-16(12)26)7-34-18-23-21-8-35-18/h1,3,8,10,12,16H,2,4-7,9,20H2,(H,22,28)(H,30,31)/t10?,12?,16-,19?/m1/s1. The first kappa shape index (κ1) is 25.3.